The third-order valence-electron chi connectivity index (χ3n) is 5.35. The molecule has 2 aromatic carbocycles. The van der Waals surface area contributed by atoms with Crippen molar-refractivity contribution < 1.29 is 19.0 Å². The Morgan fingerprint density at radius 3 is 2.64 bits per heavy atom. The zero-order valence-corrected chi connectivity index (χ0v) is 20.5. The zero-order chi connectivity index (χ0) is 23.2. The number of anilines is 1. The van der Waals surface area contributed by atoms with E-state index in [9.17, 15) is 4.79 Å². The smallest absolute Gasteiger partial charge is 0.260 e. The van der Waals surface area contributed by atoms with Crippen LogP contribution in [0.1, 0.15) is 24.2 Å². The number of carbonyl (C=O) groups excluding carboxylic acids is 1. The third kappa shape index (κ3) is 5.76. The minimum atomic E-state index is -0.127. The first-order valence-electron chi connectivity index (χ1n) is 11.2. The first-order valence-corrected chi connectivity index (χ1v) is 12.4. The van der Waals surface area contributed by atoms with Gasteiger partial charge in [-0.1, -0.05) is 22.9 Å². The average molecular weight is 490 g/mol. The Kier molecular flexibility index (Phi) is 8.03. The van der Waals surface area contributed by atoms with Gasteiger partial charge in [0.15, 0.2) is 16.6 Å². The number of halogens is 1. The van der Waals surface area contributed by atoms with Crippen LogP contribution in [0.25, 0.3) is 10.2 Å². The molecule has 0 N–H and O–H groups in total. The molecule has 1 aromatic heterocycles. The zero-order valence-electron chi connectivity index (χ0n) is 18.9. The van der Waals surface area contributed by atoms with E-state index in [2.05, 4.69) is 4.90 Å². The van der Waals surface area contributed by atoms with Crippen LogP contribution in [0.2, 0.25) is 5.02 Å². The summed E-state index contributed by atoms with van der Waals surface area (Å²) in [6.07, 6.45) is 0. The van der Waals surface area contributed by atoms with Gasteiger partial charge in [0, 0.05) is 36.8 Å². The monoisotopic (exact) mass is 489 g/mol. The van der Waals surface area contributed by atoms with Gasteiger partial charge in [0.25, 0.3) is 5.91 Å². The Bertz CT molecular complexity index is 1100. The van der Waals surface area contributed by atoms with Crippen LogP contribution in [0.5, 0.6) is 11.5 Å². The van der Waals surface area contributed by atoms with Gasteiger partial charge in [0.05, 0.1) is 36.6 Å². The standard InChI is InChI=1S/C24H28ClN3O4S/c1-3-31-20-8-5-17(15-21(20)32-4-2)23(29)28(10-9-27-11-13-30-14-12-27)24-26-19-7-6-18(25)16-22(19)33-24/h5-8,15-16H,3-4,9-14H2,1-2H3. The molecule has 0 atom stereocenters. The van der Waals surface area contributed by atoms with Gasteiger partial charge >= 0.3 is 0 Å². The van der Waals surface area contributed by atoms with Crippen molar-refractivity contribution in [3.63, 3.8) is 0 Å². The average Bonchev–Trinajstić information content (AvgIpc) is 3.24. The fourth-order valence-corrected chi connectivity index (χ4v) is 4.96. The molecule has 0 radical (unpaired) electrons. The van der Waals surface area contributed by atoms with Crippen LogP contribution in [0.3, 0.4) is 0 Å². The molecule has 9 heteroatoms. The lowest BCUT2D eigenvalue weighted by atomic mass is 10.1. The van der Waals surface area contributed by atoms with Gasteiger partial charge in [-0.25, -0.2) is 4.98 Å². The second-order valence-electron chi connectivity index (χ2n) is 7.55. The number of thiazole rings is 1. The maximum atomic E-state index is 13.7. The summed E-state index contributed by atoms with van der Waals surface area (Å²) < 4.78 is 17.8. The lowest BCUT2D eigenvalue weighted by Gasteiger charge is -2.29. The van der Waals surface area contributed by atoms with Crippen molar-refractivity contribution in [1.82, 2.24) is 9.88 Å². The van der Waals surface area contributed by atoms with Gasteiger partial charge in [-0.15, -0.1) is 0 Å². The molecule has 3 aromatic rings. The summed E-state index contributed by atoms with van der Waals surface area (Å²) in [7, 11) is 0. The van der Waals surface area contributed by atoms with Crippen LogP contribution in [-0.4, -0.2) is 68.4 Å². The summed E-state index contributed by atoms with van der Waals surface area (Å²) in [6.45, 7) is 9.22. The molecule has 0 saturated carbocycles. The topological polar surface area (TPSA) is 64.1 Å². The molecular formula is C24H28ClN3O4S. The highest BCUT2D eigenvalue weighted by Gasteiger charge is 2.24. The lowest BCUT2D eigenvalue weighted by Crippen LogP contribution is -2.43. The van der Waals surface area contributed by atoms with Crippen molar-refractivity contribution in [3.8, 4) is 11.5 Å². The first kappa shape index (κ1) is 23.8. The molecule has 1 fully saturated rings. The van der Waals surface area contributed by atoms with Crippen LogP contribution in [0.15, 0.2) is 36.4 Å². The van der Waals surface area contributed by atoms with Crippen molar-refractivity contribution in [2.24, 2.45) is 0 Å². The number of fused-ring (bicyclic) bond motifs is 1. The van der Waals surface area contributed by atoms with Crippen molar-refractivity contribution in [1.29, 1.82) is 0 Å². The van der Waals surface area contributed by atoms with E-state index in [0.717, 1.165) is 29.9 Å². The Morgan fingerprint density at radius 2 is 1.88 bits per heavy atom. The van der Waals surface area contributed by atoms with Crippen molar-refractivity contribution >= 4 is 44.2 Å². The summed E-state index contributed by atoms with van der Waals surface area (Å²) in [6, 6.07) is 10.9. The van der Waals surface area contributed by atoms with Crippen molar-refractivity contribution in [2.75, 3.05) is 57.5 Å². The number of hydrogen-bond acceptors (Lipinski definition) is 7. The second kappa shape index (κ2) is 11.2. The number of ether oxygens (including phenoxy) is 3. The maximum Gasteiger partial charge on any atom is 0.260 e. The molecule has 1 amide bonds. The second-order valence-corrected chi connectivity index (χ2v) is 8.99. The summed E-state index contributed by atoms with van der Waals surface area (Å²) in [5, 5.41) is 1.30. The first-order chi connectivity index (χ1) is 16.1. The quantitative estimate of drug-likeness (QED) is 0.433. The van der Waals surface area contributed by atoms with Gasteiger partial charge < -0.3 is 14.2 Å². The minimum absolute atomic E-state index is 0.127. The number of amides is 1. The molecule has 0 spiro atoms. The molecule has 1 aliphatic heterocycles. The molecule has 7 nitrogen and oxygen atoms in total. The predicted molar refractivity (Wildman–Crippen MR) is 132 cm³/mol. The highest BCUT2D eigenvalue weighted by atomic mass is 35.5. The molecule has 1 aliphatic rings. The van der Waals surface area contributed by atoms with E-state index in [4.69, 9.17) is 30.8 Å². The number of nitrogens with zero attached hydrogens (tertiary/aromatic N) is 3. The number of rotatable bonds is 9. The molecule has 2 heterocycles. The number of aromatic nitrogens is 1. The largest absolute Gasteiger partial charge is 0.490 e. The van der Waals surface area contributed by atoms with Crippen LogP contribution in [-0.2, 0) is 4.74 Å². The Labute approximate surface area is 202 Å². The van der Waals surface area contributed by atoms with Gasteiger partial charge in [-0.05, 0) is 50.2 Å². The normalized spacial score (nSPS) is 14.4. The summed E-state index contributed by atoms with van der Waals surface area (Å²) in [5.41, 5.74) is 1.35. The van der Waals surface area contributed by atoms with E-state index >= 15 is 0 Å². The Morgan fingerprint density at radius 1 is 1.12 bits per heavy atom. The van der Waals surface area contributed by atoms with E-state index in [1.54, 1.807) is 23.1 Å². The predicted octanol–water partition coefficient (Wildman–Crippen LogP) is 4.73. The minimum Gasteiger partial charge on any atom is -0.490 e. The van der Waals surface area contributed by atoms with Gasteiger partial charge in [0.1, 0.15) is 0 Å². The Balaban J connectivity index is 1.65. The summed E-state index contributed by atoms with van der Waals surface area (Å²) >= 11 is 7.64. The molecule has 4 rings (SSSR count). The van der Waals surface area contributed by atoms with Gasteiger partial charge in [-0.2, -0.15) is 0 Å². The van der Waals surface area contributed by atoms with Crippen molar-refractivity contribution in [2.45, 2.75) is 13.8 Å². The fourth-order valence-electron chi connectivity index (χ4n) is 3.69. The van der Waals surface area contributed by atoms with Crippen LogP contribution in [0.4, 0.5) is 5.13 Å². The van der Waals surface area contributed by atoms with Crippen LogP contribution in [0, 0.1) is 0 Å². The highest BCUT2D eigenvalue weighted by molar-refractivity contribution is 7.22. The van der Waals surface area contributed by atoms with Crippen LogP contribution < -0.4 is 14.4 Å². The Hall–Kier alpha value is -2.39. The molecule has 176 valence electrons. The summed E-state index contributed by atoms with van der Waals surface area (Å²) in [5.74, 6) is 1.07. The maximum absolute atomic E-state index is 13.7. The number of benzene rings is 2. The van der Waals surface area contributed by atoms with Crippen molar-refractivity contribution in [3.05, 3.63) is 47.0 Å². The molecule has 33 heavy (non-hydrogen) atoms. The SMILES string of the molecule is CCOc1ccc(C(=O)N(CCN2CCOCC2)c2nc3ccc(Cl)cc3s2)cc1OCC. The number of carbonyl (C=O) groups is 1. The summed E-state index contributed by atoms with van der Waals surface area (Å²) in [4.78, 5) is 22.5. The third-order valence-corrected chi connectivity index (χ3v) is 6.63. The molecular weight excluding hydrogens is 462 g/mol. The van der Waals surface area contributed by atoms with E-state index in [1.807, 2.05) is 32.0 Å². The van der Waals surface area contributed by atoms with E-state index < -0.39 is 0 Å². The van der Waals surface area contributed by atoms with E-state index in [0.29, 0.717) is 60.2 Å². The van der Waals surface area contributed by atoms with E-state index in [1.165, 1.54) is 11.3 Å². The fraction of sp³-hybridized carbons (Fsp3) is 0.417. The van der Waals surface area contributed by atoms with E-state index in [-0.39, 0.29) is 5.91 Å². The number of hydrogen-bond donors (Lipinski definition) is 0. The van der Waals surface area contributed by atoms with Gasteiger partial charge in [0.2, 0.25) is 0 Å². The van der Waals surface area contributed by atoms with Gasteiger partial charge in [-0.3, -0.25) is 14.6 Å². The number of morpholine rings is 1. The molecule has 0 unspecified atom stereocenters. The molecule has 0 bridgehead atoms. The lowest BCUT2D eigenvalue weighted by molar-refractivity contribution is 0.0391. The highest BCUT2D eigenvalue weighted by Crippen LogP contribution is 2.33. The molecule has 0 aliphatic carbocycles. The molecule has 1 saturated heterocycles. The van der Waals surface area contributed by atoms with Crippen LogP contribution >= 0.6 is 22.9 Å².